The van der Waals surface area contributed by atoms with Crippen molar-refractivity contribution in [1.29, 1.82) is 0 Å². The number of aromatic nitrogens is 3. The Kier molecular flexibility index (Phi) is 5.65. The maximum atomic E-state index is 12.2. The van der Waals surface area contributed by atoms with Gasteiger partial charge in [0.25, 0.3) is 0 Å². The Morgan fingerprint density at radius 3 is 2.54 bits per heavy atom. The van der Waals surface area contributed by atoms with Gasteiger partial charge >= 0.3 is 6.36 Å². The molecule has 0 saturated heterocycles. The number of alkyl halides is 3. The zero-order valence-corrected chi connectivity index (χ0v) is 14.0. The van der Waals surface area contributed by atoms with Gasteiger partial charge < -0.3 is 15.4 Å². The zero-order chi connectivity index (χ0) is 17.7. The number of benzene rings is 1. The van der Waals surface area contributed by atoms with Gasteiger partial charge in [0, 0.05) is 20.0 Å². The Balaban J connectivity index is 2.09. The highest BCUT2D eigenvalue weighted by molar-refractivity contribution is 9.10. The number of amides is 1. The first-order chi connectivity index (χ1) is 11.2. The van der Waals surface area contributed by atoms with Crippen molar-refractivity contribution < 1.29 is 22.7 Å². The molecule has 2 aromatic rings. The minimum Gasteiger partial charge on any atom is -0.406 e. The fourth-order valence-electron chi connectivity index (χ4n) is 1.78. The summed E-state index contributed by atoms with van der Waals surface area (Å²) >= 11 is 3.14. The molecular weight excluding hydrogens is 395 g/mol. The van der Waals surface area contributed by atoms with E-state index in [9.17, 15) is 18.0 Å². The third-order valence-corrected chi connectivity index (χ3v) is 3.01. The second kappa shape index (κ2) is 7.51. The van der Waals surface area contributed by atoms with Crippen molar-refractivity contribution in [3.63, 3.8) is 0 Å². The number of carbonyl (C=O) groups is 1. The average Bonchev–Trinajstić information content (AvgIpc) is 2.83. The lowest BCUT2D eigenvalue weighted by molar-refractivity contribution is -0.274. The van der Waals surface area contributed by atoms with Gasteiger partial charge in [0.15, 0.2) is 0 Å². The van der Waals surface area contributed by atoms with Crippen LogP contribution >= 0.6 is 15.9 Å². The maximum Gasteiger partial charge on any atom is 0.573 e. The molecule has 0 saturated carbocycles. The average molecular weight is 408 g/mol. The molecule has 1 heterocycles. The molecule has 11 heteroatoms. The number of rotatable bonds is 6. The standard InChI is InChI=1S/C13H13BrF3N5O2/c1-8(23)18-6-7-19-12-20-11(14)21-22(12)9-2-4-10(5-3-9)24-13(15,16)17/h2-5H,6-7H2,1H3,(H,18,23)(H,19,20,21). The lowest BCUT2D eigenvalue weighted by Gasteiger charge is -2.11. The van der Waals surface area contributed by atoms with Gasteiger partial charge in [-0.05, 0) is 40.2 Å². The second-order valence-electron chi connectivity index (χ2n) is 4.57. The van der Waals surface area contributed by atoms with Crippen LogP contribution in [-0.4, -0.2) is 40.1 Å². The molecule has 0 bridgehead atoms. The molecule has 0 aliphatic carbocycles. The third-order valence-electron chi connectivity index (χ3n) is 2.68. The summed E-state index contributed by atoms with van der Waals surface area (Å²) in [4.78, 5) is 14.9. The maximum absolute atomic E-state index is 12.2. The van der Waals surface area contributed by atoms with E-state index < -0.39 is 6.36 Å². The van der Waals surface area contributed by atoms with Gasteiger partial charge in [-0.15, -0.1) is 18.3 Å². The molecule has 0 fully saturated rings. The highest BCUT2D eigenvalue weighted by Crippen LogP contribution is 2.24. The molecule has 1 aromatic heterocycles. The van der Waals surface area contributed by atoms with Crippen LogP contribution in [0, 0.1) is 0 Å². The van der Waals surface area contributed by atoms with E-state index in [4.69, 9.17) is 0 Å². The summed E-state index contributed by atoms with van der Waals surface area (Å²) < 4.78 is 42.0. The van der Waals surface area contributed by atoms with Crippen molar-refractivity contribution in [2.45, 2.75) is 13.3 Å². The molecule has 0 aliphatic heterocycles. The minimum atomic E-state index is -4.74. The summed E-state index contributed by atoms with van der Waals surface area (Å²) in [5.74, 6) is -0.109. The largest absolute Gasteiger partial charge is 0.573 e. The Morgan fingerprint density at radius 1 is 1.29 bits per heavy atom. The Bertz CT molecular complexity index is 703. The van der Waals surface area contributed by atoms with Gasteiger partial charge in [-0.3, -0.25) is 4.79 Å². The molecule has 24 heavy (non-hydrogen) atoms. The van der Waals surface area contributed by atoms with Gasteiger partial charge in [0.2, 0.25) is 16.6 Å². The number of hydrogen-bond donors (Lipinski definition) is 2. The fourth-order valence-corrected chi connectivity index (χ4v) is 2.11. The molecular formula is C13H13BrF3N5O2. The molecule has 2 rings (SSSR count). The van der Waals surface area contributed by atoms with E-state index in [1.807, 2.05) is 0 Å². The lowest BCUT2D eigenvalue weighted by atomic mass is 10.3. The van der Waals surface area contributed by atoms with Gasteiger partial charge in [-0.25, -0.2) is 0 Å². The van der Waals surface area contributed by atoms with Crippen LogP contribution in [0.2, 0.25) is 0 Å². The number of halogens is 4. The number of nitrogens with one attached hydrogen (secondary N) is 2. The molecule has 1 aromatic carbocycles. The van der Waals surface area contributed by atoms with Gasteiger partial charge in [-0.2, -0.15) is 9.67 Å². The van der Waals surface area contributed by atoms with Crippen LogP contribution in [0.4, 0.5) is 19.1 Å². The van der Waals surface area contributed by atoms with E-state index in [0.29, 0.717) is 29.5 Å². The van der Waals surface area contributed by atoms with Gasteiger partial charge in [-0.1, -0.05) is 0 Å². The predicted octanol–water partition coefficient (Wildman–Crippen LogP) is 2.48. The first kappa shape index (κ1) is 18.0. The summed E-state index contributed by atoms with van der Waals surface area (Å²) in [5, 5.41) is 9.70. The summed E-state index contributed by atoms with van der Waals surface area (Å²) in [6, 6.07) is 5.20. The summed E-state index contributed by atoms with van der Waals surface area (Å²) in [6.45, 7) is 2.20. The Morgan fingerprint density at radius 2 is 1.96 bits per heavy atom. The van der Waals surface area contributed by atoms with Crippen molar-refractivity contribution in [1.82, 2.24) is 20.1 Å². The molecule has 1 amide bonds. The molecule has 0 atom stereocenters. The van der Waals surface area contributed by atoms with Crippen LogP contribution in [0.1, 0.15) is 6.92 Å². The lowest BCUT2D eigenvalue weighted by Crippen LogP contribution is -2.26. The van der Waals surface area contributed by atoms with E-state index >= 15 is 0 Å². The van der Waals surface area contributed by atoms with Crippen LogP contribution in [0.5, 0.6) is 5.75 Å². The Labute approximate surface area is 143 Å². The Hall–Kier alpha value is -2.30. The third kappa shape index (κ3) is 5.41. The van der Waals surface area contributed by atoms with E-state index in [1.54, 1.807) is 0 Å². The quantitative estimate of drug-likeness (QED) is 0.718. The number of anilines is 1. The second-order valence-corrected chi connectivity index (χ2v) is 5.28. The van der Waals surface area contributed by atoms with Crippen LogP contribution in [0.15, 0.2) is 29.0 Å². The van der Waals surface area contributed by atoms with E-state index in [1.165, 1.54) is 35.9 Å². The summed E-state index contributed by atoms with van der Waals surface area (Å²) in [7, 11) is 0. The van der Waals surface area contributed by atoms with E-state index in [-0.39, 0.29) is 11.7 Å². The van der Waals surface area contributed by atoms with Crippen molar-refractivity contribution in [2.75, 3.05) is 18.4 Å². The first-order valence-corrected chi connectivity index (χ1v) is 7.51. The highest BCUT2D eigenvalue weighted by Gasteiger charge is 2.31. The number of ether oxygens (including phenoxy) is 1. The SMILES string of the molecule is CC(=O)NCCNc1nc(Br)nn1-c1ccc(OC(F)(F)F)cc1. The topological polar surface area (TPSA) is 81.1 Å². The van der Waals surface area contributed by atoms with Crippen molar-refractivity contribution >= 4 is 27.8 Å². The van der Waals surface area contributed by atoms with Crippen molar-refractivity contribution in [2.24, 2.45) is 0 Å². The van der Waals surface area contributed by atoms with Crippen LogP contribution in [0.3, 0.4) is 0 Å². The predicted molar refractivity (Wildman–Crippen MR) is 82.9 cm³/mol. The molecule has 2 N–H and O–H groups in total. The summed E-state index contributed by atoms with van der Waals surface area (Å²) in [6.07, 6.45) is -4.74. The molecule has 130 valence electrons. The molecule has 0 aliphatic rings. The summed E-state index contributed by atoms with van der Waals surface area (Å²) in [5.41, 5.74) is 0.491. The van der Waals surface area contributed by atoms with E-state index in [2.05, 4.69) is 41.4 Å². The minimum absolute atomic E-state index is 0.153. The first-order valence-electron chi connectivity index (χ1n) is 6.71. The van der Waals surface area contributed by atoms with Crippen molar-refractivity contribution in [3.8, 4) is 11.4 Å². The van der Waals surface area contributed by atoms with Gasteiger partial charge in [0.05, 0.1) is 5.69 Å². The molecule has 0 radical (unpaired) electrons. The molecule has 0 unspecified atom stereocenters. The molecule has 0 spiro atoms. The highest BCUT2D eigenvalue weighted by atomic mass is 79.9. The van der Waals surface area contributed by atoms with Crippen LogP contribution in [0.25, 0.3) is 5.69 Å². The number of nitrogens with zero attached hydrogens (tertiary/aromatic N) is 3. The number of carbonyl (C=O) groups excluding carboxylic acids is 1. The fraction of sp³-hybridized carbons (Fsp3) is 0.308. The van der Waals surface area contributed by atoms with Crippen LogP contribution < -0.4 is 15.4 Å². The zero-order valence-electron chi connectivity index (χ0n) is 12.4. The van der Waals surface area contributed by atoms with Gasteiger partial charge in [0.1, 0.15) is 5.75 Å². The smallest absolute Gasteiger partial charge is 0.406 e. The normalized spacial score (nSPS) is 11.2. The molecule has 7 nitrogen and oxygen atoms in total. The monoisotopic (exact) mass is 407 g/mol. The van der Waals surface area contributed by atoms with E-state index in [0.717, 1.165) is 0 Å². The number of hydrogen-bond acceptors (Lipinski definition) is 5. The van der Waals surface area contributed by atoms with Crippen molar-refractivity contribution in [3.05, 3.63) is 29.0 Å². The van der Waals surface area contributed by atoms with Crippen LogP contribution in [-0.2, 0) is 4.79 Å².